The van der Waals surface area contributed by atoms with E-state index in [9.17, 15) is 4.79 Å². The minimum Gasteiger partial charge on any atom is -0.484 e. The lowest BCUT2D eigenvalue weighted by atomic mass is 10.2. The topological polar surface area (TPSA) is 59.9 Å². The normalized spacial score (nSPS) is 16.9. The number of hydrogen-bond donors (Lipinski definition) is 1. The van der Waals surface area contributed by atoms with Crippen LogP contribution < -0.4 is 10.1 Å². The van der Waals surface area contributed by atoms with Gasteiger partial charge in [-0.15, -0.1) is 0 Å². The van der Waals surface area contributed by atoms with Crippen molar-refractivity contribution in [2.45, 2.75) is 18.9 Å². The lowest BCUT2D eigenvalue weighted by Crippen LogP contribution is -2.35. The molecule has 0 spiro atoms. The van der Waals surface area contributed by atoms with Gasteiger partial charge in [-0.2, -0.15) is 0 Å². The molecule has 1 N–H and O–H groups in total. The van der Waals surface area contributed by atoms with Gasteiger partial charge in [0.2, 0.25) is 0 Å². The Balaban J connectivity index is 1.42. The first kappa shape index (κ1) is 17.2. The van der Waals surface area contributed by atoms with Crippen molar-refractivity contribution in [3.63, 3.8) is 0 Å². The second kappa shape index (κ2) is 8.99. The van der Waals surface area contributed by atoms with Crippen molar-refractivity contribution in [2.75, 3.05) is 19.8 Å². The quantitative estimate of drug-likeness (QED) is 0.789. The van der Waals surface area contributed by atoms with Crippen molar-refractivity contribution in [2.24, 2.45) is 4.99 Å². The highest BCUT2D eigenvalue weighted by atomic mass is 16.5. The highest BCUT2D eigenvalue weighted by Gasteiger charge is 2.16. The van der Waals surface area contributed by atoms with E-state index in [1.165, 1.54) is 0 Å². The fourth-order valence-electron chi connectivity index (χ4n) is 2.55. The van der Waals surface area contributed by atoms with Crippen molar-refractivity contribution < 1.29 is 14.3 Å². The number of benzene rings is 2. The molecule has 3 rings (SSSR count). The van der Waals surface area contributed by atoms with Crippen LogP contribution in [0.1, 0.15) is 18.4 Å². The monoisotopic (exact) mass is 338 g/mol. The largest absolute Gasteiger partial charge is 0.484 e. The summed E-state index contributed by atoms with van der Waals surface area (Å²) in [5.41, 5.74) is 1.88. The molecule has 0 unspecified atom stereocenters. The van der Waals surface area contributed by atoms with Crippen LogP contribution in [0.5, 0.6) is 5.75 Å². The SMILES string of the molecule is O=C(COc1ccc(C=Nc2ccccc2)cc1)NC[C@H]1CCCO1. The molecule has 0 bridgehead atoms. The number of ether oxygens (including phenoxy) is 2. The average Bonchev–Trinajstić information content (AvgIpc) is 3.18. The zero-order valence-electron chi connectivity index (χ0n) is 14.1. The first-order valence-electron chi connectivity index (χ1n) is 8.50. The van der Waals surface area contributed by atoms with Gasteiger partial charge < -0.3 is 14.8 Å². The predicted octanol–water partition coefficient (Wildman–Crippen LogP) is 3.11. The molecular formula is C20H22N2O3. The summed E-state index contributed by atoms with van der Waals surface area (Å²) < 4.78 is 11.0. The van der Waals surface area contributed by atoms with E-state index >= 15 is 0 Å². The average molecular weight is 338 g/mol. The zero-order chi connectivity index (χ0) is 17.3. The summed E-state index contributed by atoms with van der Waals surface area (Å²) in [7, 11) is 0. The Morgan fingerprint density at radius 3 is 2.72 bits per heavy atom. The molecule has 0 aliphatic carbocycles. The summed E-state index contributed by atoms with van der Waals surface area (Å²) in [4.78, 5) is 16.2. The van der Waals surface area contributed by atoms with Gasteiger partial charge in [0, 0.05) is 19.4 Å². The van der Waals surface area contributed by atoms with Crippen LogP contribution in [0, 0.1) is 0 Å². The molecule has 1 aliphatic heterocycles. The number of nitrogens with zero attached hydrogens (tertiary/aromatic N) is 1. The third-order valence-corrected chi connectivity index (χ3v) is 3.92. The highest BCUT2D eigenvalue weighted by molar-refractivity contribution is 5.82. The van der Waals surface area contributed by atoms with Crippen molar-refractivity contribution in [3.8, 4) is 5.75 Å². The molecule has 1 amide bonds. The lowest BCUT2D eigenvalue weighted by Gasteiger charge is -2.11. The van der Waals surface area contributed by atoms with Crippen LogP contribution in [0.2, 0.25) is 0 Å². The molecule has 1 aliphatic rings. The van der Waals surface area contributed by atoms with Crippen molar-refractivity contribution >= 4 is 17.8 Å². The second-order valence-corrected chi connectivity index (χ2v) is 5.89. The van der Waals surface area contributed by atoms with Crippen molar-refractivity contribution in [1.82, 2.24) is 5.32 Å². The molecule has 2 aromatic carbocycles. The zero-order valence-corrected chi connectivity index (χ0v) is 14.1. The number of hydrogen-bond acceptors (Lipinski definition) is 4. The van der Waals surface area contributed by atoms with Crippen LogP contribution in [0.4, 0.5) is 5.69 Å². The van der Waals surface area contributed by atoms with E-state index < -0.39 is 0 Å². The molecule has 1 heterocycles. The van der Waals surface area contributed by atoms with Crippen LogP contribution in [0.25, 0.3) is 0 Å². The van der Waals surface area contributed by atoms with Gasteiger partial charge in [-0.3, -0.25) is 9.79 Å². The summed E-state index contributed by atoms with van der Waals surface area (Å²) in [6, 6.07) is 17.2. The number of para-hydroxylation sites is 1. The van der Waals surface area contributed by atoms with Gasteiger partial charge in [0.05, 0.1) is 11.8 Å². The molecule has 25 heavy (non-hydrogen) atoms. The molecule has 0 aromatic heterocycles. The van der Waals surface area contributed by atoms with Crippen LogP contribution >= 0.6 is 0 Å². The van der Waals surface area contributed by atoms with E-state index in [1.54, 1.807) is 6.21 Å². The van der Waals surface area contributed by atoms with E-state index in [0.29, 0.717) is 12.3 Å². The number of rotatable bonds is 7. The first-order chi connectivity index (χ1) is 12.3. The molecule has 2 aromatic rings. The Morgan fingerprint density at radius 1 is 1.20 bits per heavy atom. The maximum absolute atomic E-state index is 11.8. The number of amides is 1. The number of carbonyl (C=O) groups is 1. The van der Waals surface area contributed by atoms with Crippen LogP contribution in [-0.4, -0.2) is 38.0 Å². The number of carbonyl (C=O) groups excluding carboxylic acids is 1. The minimum atomic E-state index is -0.134. The van der Waals surface area contributed by atoms with Crippen LogP contribution in [0.3, 0.4) is 0 Å². The Morgan fingerprint density at radius 2 is 2.00 bits per heavy atom. The van der Waals surface area contributed by atoms with Gasteiger partial charge in [-0.1, -0.05) is 18.2 Å². The predicted molar refractivity (Wildman–Crippen MR) is 97.6 cm³/mol. The molecule has 5 heteroatoms. The Kier molecular flexibility index (Phi) is 6.17. The maximum Gasteiger partial charge on any atom is 0.258 e. The summed E-state index contributed by atoms with van der Waals surface area (Å²) >= 11 is 0. The molecule has 0 saturated carbocycles. The van der Waals surface area contributed by atoms with Crippen LogP contribution in [-0.2, 0) is 9.53 Å². The Bertz CT molecular complexity index is 693. The van der Waals surface area contributed by atoms with Gasteiger partial charge in [0.15, 0.2) is 6.61 Å². The summed E-state index contributed by atoms with van der Waals surface area (Å²) in [6.07, 6.45) is 4.02. The molecule has 0 radical (unpaired) electrons. The summed E-state index contributed by atoms with van der Waals surface area (Å²) in [5.74, 6) is 0.523. The van der Waals surface area contributed by atoms with Crippen molar-refractivity contribution in [3.05, 3.63) is 60.2 Å². The maximum atomic E-state index is 11.8. The second-order valence-electron chi connectivity index (χ2n) is 5.89. The number of aliphatic imine (C=N–C) groups is 1. The van der Waals surface area contributed by atoms with E-state index in [2.05, 4.69) is 10.3 Å². The summed E-state index contributed by atoms with van der Waals surface area (Å²) in [6.45, 7) is 1.35. The standard InChI is InChI=1S/C20H22N2O3/c23-20(22-14-19-7-4-12-24-19)15-25-18-10-8-16(9-11-18)13-21-17-5-2-1-3-6-17/h1-3,5-6,8-11,13,19H,4,7,12,14-15H2,(H,22,23)/t19-/m1/s1. The smallest absolute Gasteiger partial charge is 0.258 e. The van der Waals surface area contributed by atoms with E-state index in [4.69, 9.17) is 9.47 Å². The highest BCUT2D eigenvalue weighted by Crippen LogP contribution is 2.14. The Hall–Kier alpha value is -2.66. The fraction of sp³-hybridized carbons (Fsp3) is 0.300. The Labute approximate surface area is 147 Å². The van der Waals surface area contributed by atoms with Gasteiger partial charge >= 0.3 is 0 Å². The first-order valence-corrected chi connectivity index (χ1v) is 8.50. The van der Waals surface area contributed by atoms with Gasteiger partial charge in [0.1, 0.15) is 5.75 Å². The molecule has 130 valence electrons. The third-order valence-electron chi connectivity index (χ3n) is 3.92. The minimum absolute atomic E-state index is 0.00414. The van der Waals surface area contributed by atoms with E-state index in [1.807, 2.05) is 54.6 Å². The molecule has 1 fully saturated rings. The van der Waals surface area contributed by atoms with Crippen molar-refractivity contribution in [1.29, 1.82) is 0 Å². The molecule has 5 nitrogen and oxygen atoms in total. The van der Waals surface area contributed by atoms with E-state index in [-0.39, 0.29) is 18.6 Å². The van der Waals surface area contributed by atoms with Crippen LogP contribution in [0.15, 0.2) is 59.6 Å². The van der Waals surface area contributed by atoms with Gasteiger partial charge in [0.25, 0.3) is 5.91 Å². The fourth-order valence-corrected chi connectivity index (χ4v) is 2.55. The van der Waals surface area contributed by atoms with Gasteiger partial charge in [-0.25, -0.2) is 0 Å². The number of nitrogens with one attached hydrogen (secondary N) is 1. The van der Waals surface area contributed by atoms with Gasteiger partial charge in [-0.05, 0) is 54.8 Å². The van der Waals surface area contributed by atoms with E-state index in [0.717, 1.165) is 30.7 Å². The molecule has 1 atom stereocenters. The third kappa shape index (κ3) is 5.72. The molecular weight excluding hydrogens is 316 g/mol. The summed E-state index contributed by atoms with van der Waals surface area (Å²) in [5, 5.41) is 2.83. The molecule has 1 saturated heterocycles. The lowest BCUT2D eigenvalue weighted by molar-refractivity contribution is -0.123.